The number of H-pyrrole nitrogens is 1. The van der Waals surface area contributed by atoms with Crippen LogP contribution in [0.5, 0.6) is 0 Å². The lowest BCUT2D eigenvalue weighted by molar-refractivity contribution is 0.116. The highest BCUT2D eigenvalue weighted by molar-refractivity contribution is 5.83. The Hall–Kier alpha value is -2.04. The summed E-state index contributed by atoms with van der Waals surface area (Å²) in [6, 6.07) is 4.53. The maximum Gasteiger partial charge on any atom is 0.404 e. The molecule has 0 saturated heterocycles. The zero-order chi connectivity index (χ0) is 12.4. The summed E-state index contributed by atoms with van der Waals surface area (Å²) in [6.45, 7) is 1.74. The van der Waals surface area contributed by atoms with Crippen LogP contribution in [-0.4, -0.2) is 17.2 Å². The largest absolute Gasteiger partial charge is 0.446 e. The van der Waals surface area contributed by atoms with Crippen molar-refractivity contribution in [2.75, 3.05) is 0 Å². The molecule has 1 atom stereocenters. The van der Waals surface area contributed by atoms with E-state index in [-0.39, 0.29) is 11.9 Å². The van der Waals surface area contributed by atoms with E-state index in [1.807, 2.05) is 0 Å². The first-order valence-corrected chi connectivity index (χ1v) is 5.28. The molecule has 2 rings (SSSR count). The lowest BCUT2D eigenvalue weighted by Gasteiger charge is -2.10. The Balaban J connectivity index is 2.24. The Morgan fingerprint density at radius 1 is 1.59 bits per heavy atom. The van der Waals surface area contributed by atoms with Crippen LogP contribution in [0.1, 0.15) is 12.5 Å². The summed E-state index contributed by atoms with van der Waals surface area (Å²) in [5, 5.41) is 0.796. The van der Waals surface area contributed by atoms with Gasteiger partial charge >= 0.3 is 6.09 Å². The molecule has 3 N–H and O–H groups in total. The molecule has 90 valence electrons. The van der Waals surface area contributed by atoms with Crippen LogP contribution in [0, 0.1) is 5.82 Å². The zero-order valence-electron chi connectivity index (χ0n) is 9.37. The van der Waals surface area contributed by atoms with Crippen LogP contribution in [-0.2, 0) is 11.2 Å². The van der Waals surface area contributed by atoms with Crippen molar-refractivity contribution < 1.29 is 13.9 Å². The van der Waals surface area contributed by atoms with Gasteiger partial charge in [0.05, 0.1) is 0 Å². The van der Waals surface area contributed by atoms with Gasteiger partial charge in [-0.25, -0.2) is 9.18 Å². The number of hydrogen-bond donors (Lipinski definition) is 2. The Morgan fingerprint density at radius 2 is 2.35 bits per heavy atom. The lowest BCUT2D eigenvalue weighted by atomic mass is 10.1. The van der Waals surface area contributed by atoms with Gasteiger partial charge in [-0.2, -0.15) is 0 Å². The maximum absolute atomic E-state index is 13.1. The molecule has 5 heteroatoms. The van der Waals surface area contributed by atoms with Crippen molar-refractivity contribution in [3.63, 3.8) is 0 Å². The van der Waals surface area contributed by atoms with Crippen LogP contribution in [0.3, 0.4) is 0 Å². The molecule has 0 aliphatic carbocycles. The number of fused-ring (bicyclic) bond motifs is 1. The van der Waals surface area contributed by atoms with Gasteiger partial charge in [-0.05, 0) is 30.7 Å². The van der Waals surface area contributed by atoms with Gasteiger partial charge in [0.1, 0.15) is 11.9 Å². The summed E-state index contributed by atoms with van der Waals surface area (Å²) in [7, 11) is 0. The van der Waals surface area contributed by atoms with Crippen molar-refractivity contribution in [3.8, 4) is 0 Å². The zero-order valence-corrected chi connectivity index (χ0v) is 9.37. The molecular weight excluding hydrogens is 223 g/mol. The predicted octanol–water partition coefficient (Wildman–Crippen LogP) is 2.33. The second-order valence-electron chi connectivity index (χ2n) is 3.96. The van der Waals surface area contributed by atoms with Crippen molar-refractivity contribution in [1.29, 1.82) is 0 Å². The van der Waals surface area contributed by atoms with Crippen molar-refractivity contribution >= 4 is 17.0 Å². The quantitative estimate of drug-likeness (QED) is 0.858. The van der Waals surface area contributed by atoms with E-state index in [0.29, 0.717) is 6.42 Å². The summed E-state index contributed by atoms with van der Waals surface area (Å²) < 4.78 is 18.0. The second-order valence-corrected chi connectivity index (χ2v) is 3.96. The van der Waals surface area contributed by atoms with E-state index in [4.69, 9.17) is 10.5 Å². The Bertz CT molecular complexity index is 550. The van der Waals surface area contributed by atoms with E-state index in [9.17, 15) is 9.18 Å². The van der Waals surface area contributed by atoms with Crippen LogP contribution in [0.25, 0.3) is 10.9 Å². The third-order valence-corrected chi connectivity index (χ3v) is 2.55. The lowest BCUT2D eigenvalue weighted by Crippen LogP contribution is -2.21. The van der Waals surface area contributed by atoms with Crippen molar-refractivity contribution in [3.05, 3.63) is 35.8 Å². The molecule has 1 aromatic heterocycles. The maximum atomic E-state index is 13.1. The third-order valence-electron chi connectivity index (χ3n) is 2.55. The summed E-state index contributed by atoms with van der Waals surface area (Å²) >= 11 is 0. The fourth-order valence-electron chi connectivity index (χ4n) is 1.87. The molecule has 0 saturated carbocycles. The van der Waals surface area contributed by atoms with E-state index in [1.165, 1.54) is 12.1 Å². The van der Waals surface area contributed by atoms with E-state index < -0.39 is 6.09 Å². The summed E-state index contributed by atoms with van der Waals surface area (Å²) in [5.74, 6) is -0.290. The molecule has 0 aliphatic heterocycles. The number of halogens is 1. The first-order valence-electron chi connectivity index (χ1n) is 5.28. The van der Waals surface area contributed by atoms with Gasteiger partial charge in [-0.3, -0.25) is 0 Å². The number of nitrogens with one attached hydrogen (secondary N) is 1. The van der Waals surface area contributed by atoms with Crippen molar-refractivity contribution in [2.45, 2.75) is 19.4 Å². The Kier molecular flexibility index (Phi) is 2.99. The van der Waals surface area contributed by atoms with E-state index in [2.05, 4.69) is 4.98 Å². The average Bonchev–Trinajstić information content (AvgIpc) is 2.60. The topological polar surface area (TPSA) is 68.1 Å². The number of benzene rings is 1. The number of rotatable bonds is 3. The molecule has 1 heterocycles. The Labute approximate surface area is 97.6 Å². The van der Waals surface area contributed by atoms with E-state index >= 15 is 0 Å². The standard InChI is InChI=1S/C12H13FN2O2/c1-7(17-12(14)16)4-8-6-15-11-3-2-9(13)5-10(8)11/h2-3,5-7,15H,4H2,1H3,(H2,14,16)/t7-/m0/s1. The van der Waals surface area contributed by atoms with Gasteiger partial charge in [0.2, 0.25) is 0 Å². The normalized spacial score (nSPS) is 12.6. The first-order chi connectivity index (χ1) is 8.06. The summed E-state index contributed by atoms with van der Waals surface area (Å²) in [5.41, 5.74) is 6.68. The van der Waals surface area contributed by atoms with Crippen LogP contribution in [0.4, 0.5) is 9.18 Å². The molecule has 0 bridgehead atoms. The van der Waals surface area contributed by atoms with Crippen molar-refractivity contribution in [2.24, 2.45) is 5.73 Å². The number of primary amides is 1. The molecular formula is C12H13FN2O2. The van der Waals surface area contributed by atoms with Crippen LogP contribution in [0.15, 0.2) is 24.4 Å². The number of carbonyl (C=O) groups is 1. The molecule has 17 heavy (non-hydrogen) atoms. The molecule has 0 spiro atoms. The molecule has 0 unspecified atom stereocenters. The average molecular weight is 236 g/mol. The molecule has 2 aromatic rings. The first kappa shape index (κ1) is 11.4. The van der Waals surface area contributed by atoms with E-state index in [0.717, 1.165) is 16.5 Å². The van der Waals surface area contributed by atoms with Gasteiger partial charge in [0, 0.05) is 23.5 Å². The molecule has 4 nitrogen and oxygen atoms in total. The van der Waals surface area contributed by atoms with Crippen LogP contribution >= 0.6 is 0 Å². The fraction of sp³-hybridized carbons (Fsp3) is 0.250. The number of aromatic nitrogens is 1. The summed E-state index contributed by atoms with van der Waals surface area (Å²) in [6.07, 6.45) is 1.13. The van der Waals surface area contributed by atoms with Gasteiger partial charge in [0.15, 0.2) is 0 Å². The minimum atomic E-state index is -0.802. The van der Waals surface area contributed by atoms with Gasteiger partial charge in [-0.15, -0.1) is 0 Å². The third kappa shape index (κ3) is 2.55. The number of carbonyl (C=O) groups excluding carboxylic acids is 1. The molecule has 1 aromatic carbocycles. The van der Waals surface area contributed by atoms with Crippen LogP contribution < -0.4 is 5.73 Å². The van der Waals surface area contributed by atoms with E-state index in [1.54, 1.807) is 19.2 Å². The predicted molar refractivity (Wildman–Crippen MR) is 62.1 cm³/mol. The fourth-order valence-corrected chi connectivity index (χ4v) is 1.87. The van der Waals surface area contributed by atoms with Crippen molar-refractivity contribution in [1.82, 2.24) is 4.98 Å². The second kappa shape index (κ2) is 4.45. The molecule has 1 amide bonds. The SMILES string of the molecule is C[C@@H](Cc1c[nH]c2ccc(F)cc12)OC(N)=O. The number of ether oxygens (including phenoxy) is 1. The minimum Gasteiger partial charge on any atom is -0.446 e. The minimum absolute atomic E-state index is 0.290. The highest BCUT2D eigenvalue weighted by atomic mass is 19.1. The monoisotopic (exact) mass is 236 g/mol. The van der Waals surface area contributed by atoms with Gasteiger partial charge in [0.25, 0.3) is 0 Å². The number of aromatic amines is 1. The molecule has 0 radical (unpaired) electrons. The van der Waals surface area contributed by atoms with Crippen LogP contribution in [0.2, 0.25) is 0 Å². The smallest absolute Gasteiger partial charge is 0.404 e. The highest BCUT2D eigenvalue weighted by Gasteiger charge is 2.11. The Morgan fingerprint density at radius 3 is 3.06 bits per heavy atom. The molecule has 0 fully saturated rings. The highest BCUT2D eigenvalue weighted by Crippen LogP contribution is 2.21. The summed E-state index contributed by atoms with van der Waals surface area (Å²) in [4.78, 5) is 13.6. The van der Waals surface area contributed by atoms with Gasteiger partial charge in [-0.1, -0.05) is 0 Å². The van der Waals surface area contributed by atoms with Gasteiger partial charge < -0.3 is 15.5 Å². The number of amides is 1. The number of hydrogen-bond acceptors (Lipinski definition) is 2. The molecule has 0 aliphatic rings. The number of nitrogens with two attached hydrogens (primary N) is 1.